The Labute approximate surface area is 134 Å². The number of aromatic nitrogens is 1. The molecule has 0 aliphatic rings. The maximum absolute atomic E-state index is 5.89. The highest BCUT2D eigenvalue weighted by Gasteiger charge is 2.21. The molecular weight excluding hydrogens is 280 g/mol. The quantitative estimate of drug-likeness (QED) is 0.731. The van der Waals surface area contributed by atoms with E-state index in [9.17, 15) is 0 Å². The number of ether oxygens (including phenoxy) is 1. The molecule has 0 bridgehead atoms. The maximum atomic E-state index is 5.89. The third-order valence-corrected chi connectivity index (χ3v) is 4.43. The average Bonchev–Trinajstić information content (AvgIpc) is 2.79. The van der Waals surface area contributed by atoms with Crippen molar-refractivity contribution in [1.82, 2.24) is 10.3 Å². The zero-order chi connectivity index (χ0) is 16.0. The van der Waals surface area contributed by atoms with E-state index in [1.54, 1.807) is 0 Å². The third kappa shape index (κ3) is 6.05. The van der Waals surface area contributed by atoms with Crippen molar-refractivity contribution in [2.24, 2.45) is 0 Å². The molecule has 21 heavy (non-hydrogen) atoms. The summed E-state index contributed by atoms with van der Waals surface area (Å²) in [6.07, 6.45) is 2.33. The molecule has 0 amide bonds. The SMILES string of the molecule is CCCC(OCC)c1nc(C(C)C)c(CNC(C)(C)C)s1. The molecule has 0 aliphatic carbocycles. The molecule has 0 radical (unpaired) electrons. The van der Waals surface area contributed by atoms with Gasteiger partial charge in [0.25, 0.3) is 0 Å². The summed E-state index contributed by atoms with van der Waals surface area (Å²) in [5.41, 5.74) is 1.36. The van der Waals surface area contributed by atoms with Crippen LogP contribution in [0.4, 0.5) is 0 Å². The fraction of sp³-hybridized carbons (Fsp3) is 0.824. The Bertz CT molecular complexity index is 415. The second kappa shape index (κ2) is 8.25. The Balaban J connectivity index is 2.96. The summed E-state index contributed by atoms with van der Waals surface area (Å²) in [5, 5.41) is 4.73. The van der Waals surface area contributed by atoms with E-state index in [1.165, 1.54) is 10.6 Å². The second-order valence-electron chi connectivity index (χ2n) is 6.85. The van der Waals surface area contributed by atoms with Crippen LogP contribution in [0.1, 0.15) is 88.9 Å². The zero-order valence-corrected chi connectivity index (χ0v) is 15.6. The molecule has 0 saturated carbocycles. The minimum Gasteiger partial charge on any atom is -0.371 e. The number of nitrogens with zero attached hydrogens (tertiary/aromatic N) is 1. The van der Waals surface area contributed by atoms with Crippen LogP contribution < -0.4 is 5.32 Å². The van der Waals surface area contributed by atoms with E-state index in [2.05, 4.69) is 53.8 Å². The van der Waals surface area contributed by atoms with Gasteiger partial charge in [0.15, 0.2) is 0 Å². The van der Waals surface area contributed by atoms with Crippen LogP contribution in [0, 0.1) is 0 Å². The zero-order valence-electron chi connectivity index (χ0n) is 14.7. The Kier molecular flexibility index (Phi) is 7.31. The second-order valence-corrected chi connectivity index (χ2v) is 7.97. The molecule has 0 aromatic carbocycles. The van der Waals surface area contributed by atoms with E-state index in [1.807, 2.05) is 11.3 Å². The summed E-state index contributed by atoms with van der Waals surface area (Å²) in [7, 11) is 0. The molecule has 3 nitrogen and oxygen atoms in total. The van der Waals surface area contributed by atoms with E-state index in [0.717, 1.165) is 31.0 Å². The Morgan fingerprint density at radius 2 is 1.90 bits per heavy atom. The van der Waals surface area contributed by atoms with Crippen molar-refractivity contribution in [3.05, 3.63) is 15.6 Å². The van der Waals surface area contributed by atoms with Crippen molar-refractivity contribution in [3.8, 4) is 0 Å². The number of hydrogen-bond donors (Lipinski definition) is 1. The van der Waals surface area contributed by atoms with E-state index in [0.29, 0.717) is 5.92 Å². The Morgan fingerprint density at radius 3 is 2.38 bits per heavy atom. The summed E-state index contributed by atoms with van der Waals surface area (Å²) >= 11 is 1.82. The van der Waals surface area contributed by atoms with Crippen LogP contribution in [-0.4, -0.2) is 17.1 Å². The fourth-order valence-corrected chi connectivity index (χ4v) is 3.43. The molecule has 1 aromatic rings. The topological polar surface area (TPSA) is 34.1 Å². The fourth-order valence-electron chi connectivity index (χ4n) is 2.18. The number of rotatable bonds is 8. The van der Waals surface area contributed by atoms with Crippen molar-refractivity contribution in [2.45, 2.75) is 85.4 Å². The van der Waals surface area contributed by atoms with Crippen molar-refractivity contribution in [2.75, 3.05) is 6.61 Å². The summed E-state index contributed by atoms with van der Waals surface area (Å²) in [6.45, 7) is 16.9. The van der Waals surface area contributed by atoms with Gasteiger partial charge < -0.3 is 10.1 Å². The average molecular weight is 313 g/mol. The summed E-state index contributed by atoms with van der Waals surface area (Å²) < 4.78 is 5.89. The van der Waals surface area contributed by atoms with Crippen LogP contribution in [0.25, 0.3) is 0 Å². The van der Waals surface area contributed by atoms with Gasteiger partial charge in [-0.15, -0.1) is 11.3 Å². The van der Waals surface area contributed by atoms with Gasteiger partial charge in [-0.25, -0.2) is 4.98 Å². The third-order valence-electron chi connectivity index (χ3n) is 3.26. The van der Waals surface area contributed by atoms with Crippen LogP contribution in [0.2, 0.25) is 0 Å². The maximum Gasteiger partial charge on any atom is 0.122 e. The van der Waals surface area contributed by atoms with Gasteiger partial charge >= 0.3 is 0 Å². The van der Waals surface area contributed by atoms with Gasteiger partial charge in [-0.3, -0.25) is 0 Å². The summed E-state index contributed by atoms with van der Waals surface area (Å²) in [6, 6.07) is 0. The molecule has 4 heteroatoms. The molecule has 1 rings (SSSR count). The largest absolute Gasteiger partial charge is 0.371 e. The standard InChI is InChI=1S/C17H32N2OS/c1-8-10-13(20-9-2)16-19-15(12(3)4)14(21-16)11-18-17(5,6)7/h12-13,18H,8-11H2,1-7H3. The Hall–Kier alpha value is -0.450. The molecule has 0 saturated heterocycles. The molecule has 1 N–H and O–H groups in total. The molecule has 122 valence electrons. The van der Waals surface area contributed by atoms with Gasteiger partial charge in [0, 0.05) is 23.6 Å². The van der Waals surface area contributed by atoms with Crippen LogP contribution in [0.15, 0.2) is 0 Å². The van der Waals surface area contributed by atoms with E-state index in [4.69, 9.17) is 9.72 Å². The van der Waals surface area contributed by atoms with Crippen LogP contribution in [0.5, 0.6) is 0 Å². The predicted octanol–water partition coefficient (Wildman–Crippen LogP) is 5.03. The molecule has 1 unspecified atom stereocenters. The van der Waals surface area contributed by atoms with Crippen LogP contribution in [0.3, 0.4) is 0 Å². The van der Waals surface area contributed by atoms with E-state index < -0.39 is 0 Å². The van der Waals surface area contributed by atoms with Crippen molar-refractivity contribution in [3.63, 3.8) is 0 Å². The lowest BCUT2D eigenvalue weighted by Gasteiger charge is -2.20. The normalized spacial score (nSPS) is 13.9. The first-order valence-corrected chi connectivity index (χ1v) is 8.96. The minimum atomic E-state index is 0.126. The molecular formula is C17H32N2OS. The monoisotopic (exact) mass is 312 g/mol. The lowest BCUT2D eigenvalue weighted by molar-refractivity contribution is 0.0554. The molecule has 0 fully saturated rings. The lowest BCUT2D eigenvalue weighted by atomic mass is 10.1. The number of thiazole rings is 1. The summed E-state index contributed by atoms with van der Waals surface area (Å²) in [5.74, 6) is 0.454. The van der Waals surface area contributed by atoms with Crippen molar-refractivity contribution < 1.29 is 4.74 Å². The molecule has 0 spiro atoms. The van der Waals surface area contributed by atoms with Crippen LogP contribution >= 0.6 is 11.3 Å². The lowest BCUT2D eigenvalue weighted by Crippen LogP contribution is -2.35. The van der Waals surface area contributed by atoms with E-state index >= 15 is 0 Å². The molecule has 0 aliphatic heterocycles. The molecule has 1 heterocycles. The van der Waals surface area contributed by atoms with Crippen molar-refractivity contribution >= 4 is 11.3 Å². The Morgan fingerprint density at radius 1 is 1.24 bits per heavy atom. The van der Waals surface area contributed by atoms with Gasteiger partial charge in [0.2, 0.25) is 0 Å². The highest BCUT2D eigenvalue weighted by Crippen LogP contribution is 2.32. The first-order valence-electron chi connectivity index (χ1n) is 8.14. The van der Waals surface area contributed by atoms with E-state index in [-0.39, 0.29) is 11.6 Å². The van der Waals surface area contributed by atoms with Crippen molar-refractivity contribution in [1.29, 1.82) is 0 Å². The number of hydrogen-bond acceptors (Lipinski definition) is 4. The smallest absolute Gasteiger partial charge is 0.122 e. The van der Waals surface area contributed by atoms with Gasteiger partial charge in [0.1, 0.15) is 11.1 Å². The van der Waals surface area contributed by atoms with Crippen LogP contribution in [-0.2, 0) is 11.3 Å². The number of nitrogens with one attached hydrogen (secondary N) is 1. The van der Waals surface area contributed by atoms with Gasteiger partial charge in [0.05, 0.1) is 5.69 Å². The highest BCUT2D eigenvalue weighted by molar-refractivity contribution is 7.11. The molecule has 1 atom stereocenters. The van der Waals surface area contributed by atoms with Gasteiger partial charge in [-0.1, -0.05) is 27.2 Å². The van der Waals surface area contributed by atoms with Gasteiger partial charge in [-0.05, 0) is 40.0 Å². The highest BCUT2D eigenvalue weighted by atomic mass is 32.1. The summed E-state index contributed by atoms with van der Waals surface area (Å²) in [4.78, 5) is 6.26. The first-order chi connectivity index (χ1) is 9.78. The first kappa shape index (κ1) is 18.6. The van der Waals surface area contributed by atoms with Gasteiger partial charge in [-0.2, -0.15) is 0 Å². The predicted molar refractivity (Wildman–Crippen MR) is 92.1 cm³/mol. The minimum absolute atomic E-state index is 0.126. The molecule has 1 aromatic heterocycles.